The lowest BCUT2D eigenvalue weighted by Gasteiger charge is -2.56. The van der Waals surface area contributed by atoms with Crippen molar-refractivity contribution in [1.82, 2.24) is 14.4 Å². The Hall–Kier alpha value is -3.45. The molecular formula is C29H35N3O9. The maximum atomic E-state index is 14.3. The molecule has 41 heavy (non-hydrogen) atoms. The van der Waals surface area contributed by atoms with Gasteiger partial charge in [0.05, 0.1) is 30.9 Å². The van der Waals surface area contributed by atoms with Crippen molar-refractivity contribution < 1.29 is 43.8 Å². The minimum Gasteiger partial charge on any atom is -0.497 e. The molecule has 2 amide bonds. The van der Waals surface area contributed by atoms with Crippen LogP contribution in [0.4, 0.5) is 0 Å². The van der Waals surface area contributed by atoms with Crippen LogP contribution in [0, 0.1) is 0 Å². The summed E-state index contributed by atoms with van der Waals surface area (Å²) < 4.78 is 12.7. The second-order valence-corrected chi connectivity index (χ2v) is 12.1. The third-order valence-corrected chi connectivity index (χ3v) is 8.42. The van der Waals surface area contributed by atoms with E-state index in [1.54, 1.807) is 39.2 Å². The van der Waals surface area contributed by atoms with Gasteiger partial charge in [0, 0.05) is 36.8 Å². The van der Waals surface area contributed by atoms with Gasteiger partial charge < -0.3 is 29.2 Å². The number of hydrogen-bond donors (Lipinski definition) is 2. The summed E-state index contributed by atoms with van der Waals surface area (Å²) in [7, 11) is 1.54. The van der Waals surface area contributed by atoms with E-state index in [4.69, 9.17) is 19.2 Å². The average molecular weight is 570 g/mol. The maximum absolute atomic E-state index is 14.3. The van der Waals surface area contributed by atoms with Crippen molar-refractivity contribution >= 4 is 28.7 Å². The van der Waals surface area contributed by atoms with E-state index in [-0.39, 0.29) is 19.4 Å². The van der Waals surface area contributed by atoms with E-state index in [1.165, 1.54) is 11.8 Å². The molecule has 4 aliphatic heterocycles. The summed E-state index contributed by atoms with van der Waals surface area (Å²) in [6.07, 6.45) is -1.20. The monoisotopic (exact) mass is 569 g/mol. The first-order valence-electron chi connectivity index (χ1n) is 13.7. The summed E-state index contributed by atoms with van der Waals surface area (Å²) in [4.78, 5) is 54.3. The van der Waals surface area contributed by atoms with E-state index in [9.17, 15) is 24.6 Å². The number of aromatic nitrogens is 1. The predicted octanol–water partition coefficient (Wildman–Crippen LogP) is 2.40. The van der Waals surface area contributed by atoms with Gasteiger partial charge in [-0.15, -0.1) is 0 Å². The zero-order valence-corrected chi connectivity index (χ0v) is 23.9. The van der Waals surface area contributed by atoms with Crippen LogP contribution in [0.5, 0.6) is 5.75 Å². The number of carbonyl (C=O) groups excluding carboxylic acids is 3. The third kappa shape index (κ3) is 3.99. The van der Waals surface area contributed by atoms with Gasteiger partial charge in [-0.3, -0.25) is 19.3 Å². The van der Waals surface area contributed by atoms with E-state index >= 15 is 0 Å². The third-order valence-electron chi connectivity index (χ3n) is 8.42. The topological polar surface area (TPSA) is 140 Å². The van der Waals surface area contributed by atoms with Crippen molar-refractivity contribution in [3.05, 3.63) is 41.1 Å². The van der Waals surface area contributed by atoms with Crippen molar-refractivity contribution in [2.75, 3.05) is 13.7 Å². The van der Waals surface area contributed by atoms with Crippen LogP contribution in [-0.2, 0) is 28.9 Å². The van der Waals surface area contributed by atoms with Gasteiger partial charge in [0.1, 0.15) is 29.6 Å². The molecule has 12 nitrogen and oxygen atoms in total. The Bertz CT molecular complexity index is 1490. The van der Waals surface area contributed by atoms with Crippen molar-refractivity contribution in [2.45, 2.75) is 89.3 Å². The van der Waals surface area contributed by atoms with Crippen LogP contribution < -0.4 is 4.74 Å². The van der Waals surface area contributed by atoms with Crippen LogP contribution in [0.25, 0.3) is 10.9 Å². The quantitative estimate of drug-likeness (QED) is 0.324. The zero-order valence-electron chi connectivity index (χ0n) is 23.9. The number of aliphatic hydroxyl groups is 2. The molecule has 4 unspecified atom stereocenters. The van der Waals surface area contributed by atoms with Crippen LogP contribution in [0.15, 0.2) is 29.8 Å². The molecule has 0 spiro atoms. The number of piperazine rings is 1. The van der Waals surface area contributed by atoms with Crippen molar-refractivity contribution in [3.8, 4) is 5.75 Å². The van der Waals surface area contributed by atoms with Crippen LogP contribution in [0.2, 0.25) is 0 Å². The molecule has 2 fully saturated rings. The van der Waals surface area contributed by atoms with Gasteiger partial charge >= 0.3 is 5.97 Å². The largest absolute Gasteiger partial charge is 0.497 e. The zero-order chi connectivity index (χ0) is 29.6. The summed E-state index contributed by atoms with van der Waals surface area (Å²) in [5.74, 6) is -1.34. The lowest BCUT2D eigenvalue weighted by Crippen LogP contribution is -2.74. The van der Waals surface area contributed by atoms with E-state index in [1.807, 2.05) is 24.5 Å². The fraction of sp³-hybridized carbons (Fsp3) is 0.552. The summed E-state index contributed by atoms with van der Waals surface area (Å²) in [6, 6.07) is 3.44. The first kappa shape index (κ1) is 27.7. The molecule has 0 radical (unpaired) electrons. The van der Waals surface area contributed by atoms with Crippen molar-refractivity contribution in [2.24, 2.45) is 0 Å². The number of rotatable bonds is 3. The van der Waals surface area contributed by atoms with Crippen molar-refractivity contribution in [1.29, 1.82) is 0 Å². The van der Waals surface area contributed by atoms with Crippen LogP contribution >= 0.6 is 0 Å². The maximum Gasteiger partial charge on any atom is 0.302 e. The smallest absolute Gasteiger partial charge is 0.302 e. The van der Waals surface area contributed by atoms with Gasteiger partial charge in [-0.25, -0.2) is 9.78 Å². The number of aliphatic hydroxyl groups excluding tert-OH is 1. The molecule has 2 aromatic rings. The fourth-order valence-corrected chi connectivity index (χ4v) is 6.84. The first-order chi connectivity index (χ1) is 19.3. The number of fused-ring (bicyclic) bond motifs is 6. The highest BCUT2D eigenvalue weighted by Crippen LogP contribution is 2.55. The number of benzene rings is 1. The van der Waals surface area contributed by atoms with E-state index in [0.717, 1.165) is 10.5 Å². The molecule has 0 bridgehead atoms. The number of amides is 2. The van der Waals surface area contributed by atoms with Crippen LogP contribution in [0.1, 0.15) is 77.1 Å². The Labute approximate surface area is 236 Å². The van der Waals surface area contributed by atoms with E-state index < -0.39 is 59.6 Å². The second kappa shape index (κ2) is 9.28. The standard InChI is InChI=1S/C29H35N3O9/c1-14(2)9-22-31-19-10-16(38-6)7-8-18(19)23-24(31)21(12-28(4,5)41-40-22)32-26(35)20-11-17(39-15(3)33)13-30(20)27(36)29(32,37)25(23)34/h7-10,17,20-22,25,34,37H,11-13H2,1-6H3/t17?,20?,21?,22?,25-,29+/m0/s1. The van der Waals surface area contributed by atoms with Crippen molar-refractivity contribution in [3.63, 3.8) is 0 Å². The van der Waals surface area contributed by atoms with Gasteiger partial charge in [-0.1, -0.05) is 5.57 Å². The Morgan fingerprint density at radius 2 is 1.90 bits per heavy atom. The molecule has 1 aromatic heterocycles. The summed E-state index contributed by atoms with van der Waals surface area (Å²) in [5, 5.41) is 24.8. The van der Waals surface area contributed by atoms with E-state index in [0.29, 0.717) is 27.9 Å². The highest BCUT2D eigenvalue weighted by atomic mass is 17.2. The second-order valence-electron chi connectivity index (χ2n) is 12.1. The minimum absolute atomic E-state index is 0.0563. The Morgan fingerprint density at radius 3 is 2.56 bits per heavy atom. The number of nitrogens with zero attached hydrogens (tertiary/aromatic N) is 3. The number of ether oxygens (including phenoxy) is 2. The molecular weight excluding hydrogens is 534 g/mol. The van der Waals surface area contributed by atoms with Gasteiger partial charge in [-0.2, -0.15) is 0 Å². The number of allylic oxidation sites excluding steroid dienone is 1. The molecule has 1 aromatic carbocycles. The van der Waals surface area contributed by atoms with Gasteiger partial charge in [0.15, 0.2) is 6.23 Å². The van der Waals surface area contributed by atoms with Gasteiger partial charge in [0.25, 0.3) is 11.6 Å². The summed E-state index contributed by atoms with van der Waals surface area (Å²) >= 11 is 0. The number of carbonyl (C=O) groups is 3. The SMILES string of the molecule is COc1ccc2c3c4n(c2c1)C(C=C(C)C)OOC(C)(C)CC4N1C(=O)C2CC(OC(C)=O)CN2C(=O)[C@]1(O)[C@H]3O. The minimum atomic E-state index is -2.60. The molecule has 4 aliphatic rings. The summed E-state index contributed by atoms with van der Waals surface area (Å²) in [6.45, 7) is 8.63. The first-order valence-corrected chi connectivity index (χ1v) is 13.7. The Balaban J connectivity index is 1.63. The molecule has 5 heterocycles. The molecule has 2 saturated heterocycles. The Morgan fingerprint density at radius 1 is 1.17 bits per heavy atom. The average Bonchev–Trinajstić information content (AvgIpc) is 3.46. The molecule has 6 rings (SSSR count). The molecule has 2 N–H and O–H groups in total. The van der Waals surface area contributed by atoms with E-state index in [2.05, 4.69) is 0 Å². The highest BCUT2D eigenvalue weighted by molar-refractivity contribution is 6.02. The molecule has 0 saturated carbocycles. The predicted molar refractivity (Wildman–Crippen MR) is 143 cm³/mol. The lowest BCUT2D eigenvalue weighted by molar-refractivity contribution is -0.390. The van der Waals surface area contributed by atoms with Crippen LogP contribution in [-0.4, -0.2) is 79.5 Å². The Kier molecular flexibility index (Phi) is 6.27. The normalized spacial score (nSPS) is 32.0. The number of hydrogen-bond acceptors (Lipinski definition) is 9. The highest BCUT2D eigenvalue weighted by Gasteiger charge is 2.67. The van der Waals surface area contributed by atoms with Gasteiger partial charge in [-0.05, 0) is 45.9 Å². The van der Waals surface area contributed by atoms with Crippen LogP contribution in [0.3, 0.4) is 0 Å². The number of methoxy groups -OCH3 is 1. The fourth-order valence-electron chi connectivity index (χ4n) is 6.84. The van der Waals surface area contributed by atoms with Gasteiger partial charge in [0.2, 0.25) is 5.91 Å². The molecule has 12 heteroatoms. The number of esters is 1. The molecule has 0 aliphatic carbocycles. The summed E-state index contributed by atoms with van der Waals surface area (Å²) in [5.41, 5.74) is -1.15. The lowest BCUT2D eigenvalue weighted by atomic mass is 9.79. The molecule has 220 valence electrons. The molecule has 6 atom stereocenters.